The molecule has 2 unspecified atom stereocenters. The van der Waals surface area contributed by atoms with E-state index in [0.717, 1.165) is 0 Å². The number of benzene rings is 1. The minimum absolute atomic E-state index is 0.141. The van der Waals surface area contributed by atoms with E-state index in [1.165, 1.54) is 5.56 Å². The van der Waals surface area contributed by atoms with Crippen molar-refractivity contribution in [2.24, 2.45) is 0 Å². The number of hydrazine groups is 1. The molecule has 2 rings (SSSR count). The molecular weight excluding hydrogens is 218 g/mol. The molecule has 5 nitrogen and oxygen atoms in total. The second kappa shape index (κ2) is 5.77. The van der Waals surface area contributed by atoms with E-state index in [-0.39, 0.29) is 18.0 Å². The van der Waals surface area contributed by atoms with E-state index >= 15 is 0 Å². The van der Waals surface area contributed by atoms with Gasteiger partial charge in [0.15, 0.2) is 0 Å². The Kier molecular flexibility index (Phi) is 4.08. The monoisotopic (exact) mass is 235 g/mol. The molecule has 0 aromatic heterocycles. The molecule has 2 atom stereocenters. The maximum atomic E-state index is 11.6. The highest BCUT2D eigenvalue weighted by atomic mass is 16.6. The van der Waals surface area contributed by atoms with Crippen LogP contribution in [-0.4, -0.2) is 18.6 Å². The van der Waals surface area contributed by atoms with Gasteiger partial charge in [0, 0.05) is 6.04 Å². The number of amides is 1. The van der Waals surface area contributed by atoms with E-state index in [0.29, 0.717) is 13.0 Å². The lowest BCUT2D eigenvalue weighted by Gasteiger charge is -2.09. The number of carbonyl (C=O) groups excluding carboxylic acids is 1. The lowest BCUT2D eigenvalue weighted by atomic mass is 10.0. The molecule has 5 heteroatoms. The average molecular weight is 235 g/mol. The molecule has 1 aliphatic heterocycles. The molecule has 1 aromatic rings. The van der Waals surface area contributed by atoms with E-state index in [1.807, 2.05) is 37.3 Å². The fourth-order valence-electron chi connectivity index (χ4n) is 1.85. The third kappa shape index (κ3) is 3.03. The van der Waals surface area contributed by atoms with Crippen molar-refractivity contribution in [2.75, 3.05) is 6.61 Å². The maximum absolute atomic E-state index is 11.6. The smallest absolute Gasteiger partial charge is 0.262 e. The van der Waals surface area contributed by atoms with Gasteiger partial charge in [-0.2, -0.15) is 0 Å². The lowest BCUT2D eigenvalue weighted by molar-refractivity contribution is -0.135. The minimum atomic E-state index is -0.258. The Hall–Kier alpha value is -1.43. The van der Waals surface area contributed by atoms with Crippen molar-refractivity contribution >= 4 is 5.91 Å². The molecule has 1 fully saturated rings. The normalized spacial score (nSPS) is 23.6. The van der Waals surface area contributed by atoms with Gasteiger partial charge in [-0.1, -0.05) is 30.3 Å². The Balaban J connectivity index is 1.89. The van der Waals surface area contributed by atoms with Crippen LogP contribution in [0, 0.1) is 0 Å². The number of hydroxylamine groups is 1. The summed E-state index contributed by atoms with van der Waals surface area (Å²) < 4.78 is 0. The second-order valence-electron chi connectivity index (χ2n) is 3.94. The predicted molar refractivity (Wildman–Crippen MR) is 63.6 cm³/mol. The molecule has 1 saturated heterocycles. The molecular formula is C12H17N3O2. The fraction of sp³-hybridized carbons (Fsp3) is 0.417. The van der Waals surface area contributed by atoms with E-state index < -0.39 is 0 Å². The Labute approximate surface area is 100 Å². The summed E-state index contributed by atoms with van der Waals surface area (Å²) in [5, 5.41) is 0. The van der Waals surface area contributed by atoms with E-state index in [9.17, 15) is 4.79 Å². The zero-order valence-corrected chi connectivity index (χ0v) is 9.77. The van der Waals surface area contributed by atoms with Crippen LogP contribution in [0.5, 0.6) is 0 Å². The number of hydrogen-bond donors (Lipinski definition) is 3. The van der Waals surface area contributed by atoms with Gasteiger partial charge in [-0.05, 0) is 18.9 Å². The van der Waals surface area contributed by atoms with Gasteiger partial charge in [0.2, 0.25) is 0 Å². The standard InChI is InChI=1S/C12H17N3O2/c1-2-17-15-12(16)11-8-10(13-14-11)9-6-4-3-5-7-9/h3-7,10-11,13-14H,2,8H2,1H3,(H,15,16). The summed E-state index contributed by atoms with van der Waals surface area (Å²) in [6, 6.07) is 9.95. The zero-order chi connectivity index (χ0) is 12.1. The van der Waals surface area contributed by atoms with Crippen molar-refractivity contribution in [3.05, 3.63) is 35.9 Å². The molecule has 0 bridgehead atoms. The number of rotatable bonds is 4. The maximum Gasteiger partial charge on any atom is 0.262 e. The highest BCUT2D eigenvalue weighted by Gasteiger charge is 2.29. The average Bonchev–Trinajstić information content (AvgIpc) is 2.86. The van der Waals surface area contributed by atoms with Crippen LogP contribution in [0.2, 0.25) is 0 Å². The highest BCUT2D eigenvalue weighted by Crippen LogP contribution is 2.21. The van der Waals surface area contributed by atoms with Crippen LogP contribution in [0.1, 0.15) is 24.9 Å². The summed E-state index contributed by atoms with van der Waals surface area (Å²) in [6.07, 6.45) is 0.711. The predicted octanol–water partition coefficient (Wildman–Crippen LogP) is 0.662. The van der Waals surface area contributed by atoms with Crippen LogP contribution in [0.25, 0.3) is 0 Å². The molecule has 0 radical (unpaired) electrons. The van der Waals surface area contributed by atoms with Crippen molar-refractivity contribution in [1.82, 2.24) is 16.3 Å². The quantitative estimate of drug-likeness (QED) is 0.671. The topological polar surface area (TPSA) is 62.4 Å². The summed E-state index contributed by atoms with van der Waals surface area (Å²) in [5.74, 6) is -0.141. The first-order valence-corrected chi connectivity index (χ1v) is 5.79. The lowest BCUT2D eigenvalue weighted by Crippen LogP contribution is -2.43. The molecule has 0 spiro atoms. The van der Waals surface area contributed by atoms with Gasteiger partial charge < -0.3 is 0 Å². The van der Waals surface area contributed by atoms with Crippen molar-refractivity contribution in [2.45, 2.75) is 25.4 Å². The molecule has 1 amide bonds. The molecule has 1 aromatic carbocycles. The van der Waals surface area contributed by atoms with Crippen molar-refractivity contribution in [1.29, 1.82) is 0 Å². The Morgan fingerprint density at radius 3 is 2.88 bits per heavy atom. The van der Waals surface area contributed by atoms with Crippen LogP contribution in [0.3, 0.4) is 0 Å². The number of carbonyl (C=O) groups is 1. The van der Waals surface area contributed by atoms with Crippen LogP contribution in [-0.2, 0) is 9.63 Å². The second-order valence-corrected chi connectivity index (χ2v) is 3.94. The Bertz CT molecular complexity index is 369. The van der Waals surface area contributed by atoms with Crippen LogP contribution in [0.4, 0.5) is 0 Å². The SMILES string of the molecule is CCONC(=O)C1CC(c2ccccc2)NN1. The molecule has 17 heavy (non-hydrogen) atoms. The Morgan fingerprint density at radius 2 is 2.18 bits per heavy atom. The molecule has 1 heterocycles. The Morgan fingerprint density at radius 1 is 1.41 bits per heavy atom. The van der Waals surface area contributed by atoms with Crippen LogP contribution >= 0.6 is 0 Å². The third-order valence-corrected chi connectivity index (χ3v) is 2.74. The van der Waals surface area contributed by atoms with Gasteiger partial charge in [-0.15, -0.1) is 0 Å². The summed E-state index contributed by atoms with van der Waals surface area (Å²) in [5.41, 5.74) is 9.66. The van der Waals surface area contributed by atoms with Crippen LogP contribution < -0.4 is 16.3 Å². The van der Waals surface area contributed by atoms with Crippen molar-refractivity contribution in [3.63, 3.8) is 0 Å². The summed E-state index contributed by atoms with van der Waals surface area (Å²) >= 11 is 0. The van der Waals surface area contributed by atoms with Gasteiger partial charge in [0.1, 0.15) is 6.04 Å². The highest BCUT2D eigenvalue weighted by molar-refractivity contribution is 5.81. The molecule has 0 saturated carbocycles. The minimum Gasteiger partial charge on any atom is -0.274 e. The summed E-state index contributed by atoms with van der Waals surface area (Å²) in [4.78, 5) is 16.5. The molecule has 1 aliphatic rings. The molecule has 3 N–H and O–H groups in total. The number of hydrogen-bond acceptors (Lipinski definition) is 4. The third-order valence-electron chi connectivity index (χ3n) is 2.74. The number of nitrogens with one attached hydrogen (secondary N) is 3. The van der Waals surface area contributed by atoms with Crippen molar-refractivity contribution < 1.29 is 9.63 Å². The summed E-state index contributed by atoms with van der Waals surface area (Å²) in [7, 11) is 0. The molecule has 92 valence electrons. The van der Waals surface area contributed by atoms with E-state index in [1.54, 1.807) is 0 Å². The first kappa shape index (κ1) is 12.0. The zero-order valence-electron chi connectivity index (χ0n) is 9.77. The van der Waals surface area contributed by atoms with Gasteiger partial charge in [-0.25, -0.2) is 16.3 Å². The van der Waals surface area contributed by atoms with Gasteiger partial charge in [-0.3, -0.25) is 9.63 Å². The first-order valence-electron chi connectivity index (χ1n) is 5.79. The van der Waals surface area contributed by atoms with Gasteiger partial charge in [0.05, 0.1) is 6.61 Å². The first-order chi connectivity index (χ1) is 8.31. The van der Waals surface area contributed by atoms with Crippen LogP contribution in [0.15, 0.2) is 30.3 Å². The molecule has 0 aliphatic carbocycles. The van der Waals surface area contributed by atoms with E-state index in [2.05, 4.69) is 16.3 Å². The van der Waals surface area contributed by atoms with E-state index in [4.69, 9.17) is 4.84 Å². The summed E-state index contributed by atoms with van der Waals surface area (Å²) in [6.45, 7) is 2.29. The van der Waals surface area contributed by atoms with Crippen molar-refractivity contribution in [3.8, 4) is 0 Å². The van der Waals surface area contributed by atoms with Gasteiger partial charge >= 0.3 is 0 Å². The fourth-order valence-corrected chi connectivity index (χ4v) is 1.85. The van der Waals surface area contributed by atoms with Gasteiger partial charge in [0.25, 0.3) is 5.91 Å². The largest absolute Gasteiger partial charge is 0.274 e.